The molecule has 2 amide bonds. The van der Waals surface area contributed by atoms with E-state index in [1.165, 1.54) is 0 Å². The van der Waals surface area contributed by atoms with Crippen LogP contribution in [0.5, 0.6) is 0 Å². The number of hydrogen-bond acceptors (Lipinski definition) is 2. The van der Waals surface area contributed by atoms with Gasteiger partial charge >= 0.3 is 0 Å². The highest BCUT2D eigenvalue weighted by Gasteiger charge is 2.05. The van der Waals surface area contributed by atoms with Crippen molar-refractivity contribution in [1.29, 1.82) is 0 Å². The maximum atomic E-state index is 11.2. The van der Waals surface area contributed by atoms with Gasteiger partial charge in [-0.25, -0.2) is 0 Å². The van der Waals surface area contributed by atoms with Crippen LogP contribution < -0.4 is 10.6 Å². The first-order valence-corrected chi connectivity index (χ1v) is 5.84. The van der Waals surface area contributed by atoms with Gasteiger partial charge in [0.25, 0.3) is 0 Å². The van der Waals surface area contributed by atoms with Gasteiger partial charge in [0.1, 0.15) is 0 Å². The van der Waals surface area contributed by atoms with Gasteiger partial charge in [-0.1, -0.05) is 22.9 Å². The Hall–Kier alpha value is -0.580. The quantitative estimate of drug-likeness (QED) is 0.698. The third-order valence-corrected chi connectivity index (χ3v) is 2.32. The SMILES string of the molecule is CCC(C)NC(=O)CCNC(=O)CBr. The van der Waals surface area contributed by atoms with Crippen LogP contribution in [0.2, 0.25) is 0 Å². The molecule has 0 spiro atoms. The molecule has 1 atom stereocenters. The van der Waals surface area contributed by atoms with Crippen molar-refractivity contribution >= 4 is 27.7 Å². The monoisotopic (exact) mass is 264 g/mol. The second-order valence-corrected chi connectivity index (χ2v) is 3.67. The molecule has 5 heteroatoms. The lowest BCUT2D eigenvalue weighted by molar-refractivity contribution is -0.122. The van der Waals surface area contributed by atoms with Gasteiger partial charge in [0.15, 0.2) is 0 Å². The second-order valence-electron chi connectivity index (χ2n) is 3.11. The predicted molar refractivity (Wildman–Crippen MR) is 59.3 cm³/mol. The van der Waals surface area contributed by atoms with Gasteiger partial charge in [-0.2, -0.15) is 0 Å². The molecular weight excluding hydrogens is 248 g/mol. The van der Waals surface area contributed by atoms with Crippen molar-refractivity contribution in [2.24, 2.45) is 0 Å². The molecule has 1 unspecified atom stereocenters. The molecule has 14 heavy (non-hydrogen) atoms. The van der Waals surface area contributed by atoms with Crippen molar-refractivity contribution < 1.29 is 9.59 Å². The molecule has 0 heterocycles. The van der Waals surface area contributed by atoms with Crippen LogP contribution in [-0.2, 0) is 9.59 Å². The first kappa shape index (κ1) is 13.4. The fourth-order valence-corrected chi connectivity index (χ4v) is 1.01. The zero-order valence-corrected chi connectivity index (χ0v) is 10.2. The molecule has 0 aliphatic carbocycles. The smallest absolute Gasteiger partial charge is 0.230 e. The number of alkyl halides is 1. The predicted octanol–water partition coefficient (Wildman–Crippen LogP) is 0.802. The summed E-state index contributed by atoms with van der Waals surface area (Å²) >= 11 is 3.02. The van der Waals surface area contributed by atoms with Gasteiger partial charge in [0.05, 0.1) is 5.33 Å². The van der Waals surface area contributed by atoms with Crippen LogP contribution >= 0.6 is 15.9 Å². The highest BCUT2D eigenvalue weighted by molar-refractivity contribution is 9.09. The molecule has 0 saturated heterocycles. The zero-order valence-electron chi connectivity index (χ0n) is 8.60. The van der Waals surface area contributed by atoms with Gasteiger partial charge in [0.2, 0.25) is 11.8 Å². The standard InChI is InChI=1S/C9H17BrN2O2/c1-3-7(2)12-8(13)4-5-11-9(14)6-10/h7H,3-6H2,1-2H3,(H,11,14)(H,12,13). The molecule has 0 aromatic carbocycles. The number of carbonyl (C=O) groups excluding carboxylic acids is 2. The largest absolute Gasteiger partial charge is 0.355 e. The minimum atomic E-state index is -0.0960. The molecule has 0 bridgehead atoms. The third-order valence-electron chi connectivity index (χ3n) is 1.82. The van der Waals surface area contributed by atoms with Crippen LogP contribution in [0.25, 0.3) is 0 Å². The molecule has 0 fully saturated rings. The molecule has 0 rings (SSSR count). The molecule has 0 saturated carbocycles. The Balaban J connectivity index is 3.49. The Bertz CT molecular complexity index is 197. The summed E-state index contributed by atoms with van der Waals surface area (Å²) in [6.07, 6.45) is 1.25. The molecule has 0 aliphatic heterocycles. The highest BCUT2D eigenvalue weighted by atomic mass is 79.9. The first-order chi connectivity index (χ1) is 6.60. The van der Waals surface area contributed by atoms with E-state index in [-0.39, 0.29) is 23.2 Å². The summed E-state index contributed by atoms with van der Waals surface area (Å²) in [5, 5.41) is 5.70. The van der Waals surface area contributed by atoms with Crippen molar-refractivity contribution in [3.05, 3.63) is 0 Å². The maximum absolute atomic E-state index is 11.2. The van der Waals surface area contributed by atoms with Gasteiger partial charge in [-0.3, -0.25) is 9.59 Å². The Labute approximate surface area is 92.9 Å². The van der Waals surface area contributed by atoms with Gasteiger partial charge in [-0.05, 0) is 13.3 Å². The minimum Gasteiger partial charge on any atom is -0.355 e. The second kappa shape index (κ2) is 7.79. The average Bonchev–Trinajstić information content (AvgIpc) is 2.17. The van der Waals surface area contributed by atoms with E-state index < -0.39 is 0 Å². The molecular formula is C9H17BrN2O2. The van der Waals surface area contributed by atoms with E-state index in [9.17, 15) is 9.59 Å². The summed E-state index contributed by atoms with van der Waals surface area (Å²) in [5.41, 5.74) is 0. The Kier molecular flexibility index (Phi) is 7.47. The Morgan fingerprint density at radius 2 is 2.00 bits per heavy atom. The molecule has 82 valence electrons. The Morgan fingerprint density at radius 3 is 2.50 bits per heavy atom. The van der Waals surface area contributed by atoms with Crippen molar-refractivity contribution in [2.75, 3.05) is 11.9 Å². The van der Waals surface area contributed by atoms with E-state index in [1.54, 1.807) is 0 Å². The number of nitrogens with one attached hydrogen (secondary N) is 2. The maximum Gasteiger partial charge on any atom is 0.230 e. The lowest BCUT2D eigenvalue weighted by Gasteiger charge is -2.11. The lowest BCUT2D eigenvalue weighted by Crippen LogP contribution is -2.35. The van der Waals surface area contributed by atoms with E-state index >= 15 is 0 Å². The van der Waals surface area contributed by atoms with Crippen LogP contribution in [0.3, 0.4) is 0 Å². The first-order valence-electron chi connectivity index (χ1n) is 4.72. The van der Waals surface area contributed by atoms with Crippen LogP contribution in [-0.4, -0.2) is 29.7 Å². The van der Waals surface area contributed by atoms with Gasteiger partial charge in [-0.15, -0.1) is 0 Å². The summed E-state index contributed by atoms with van der Waals surface area (Å²) < 4.78 is 0. The molecule has 4 nitrogen and oxygen atoms in total. The van der Waals surface area contributed by atoms with Crippen LogP contribution in [0.4, 0.5) is 0 Å². The summed E-state index contributed by atoms with van der Waals surface area (Å²) in [5.74, 6) is -0.115. The van der Waals surface area contributed by atoms with E-state index in [0.717, 1.165) is 6.42 Å². The van der Waals surface area contributed by atoms with Crippen molar-refractivity contribution in [1.82, 2.24) is 10.6 Å². The fourth-order valence-electron chi connectivity index (χ4n) is 0.812. The number of halogens is 1. The number of amides is 2. The van der Waals surface area contributed by atoms with E-state index in [4.69, 9.17) is 0 Å². The summed E-state index contributed by atoms with van der Waals surface area (Å²) in [6, 6.07) is 0.203. The summed E-state index contributed by atoms with van der Waals surface area (Å²) in [7, 11) is 0. The number of carbonyl (C=O) groups is 2. The Morgan fingerprint density at radius 1 is 1.36 bits per heavy atom. The third kappa shape index (κ3) is 6.88. The van der Waals surface area contributed by atoms with Crippen LogP contribution in [0, 0.1) is 0 Å². The van der Waals surface area contributed by atoms with Gasteiger partial charge < -0.3 is 10.6 Å². The van der Waals surface area contributed by atoms with E-state index in [1.807, 2.05) is 13.8 Å². The van der Waals surface area contributed by atoms with Crippen molar-refractivity contribution in [2.45, 2.75) is 32.7 Å². The number of rotatable bonds is 6. The van der Waals surface area contributed by atoms with Crippen molar-refractivity contribution in [3.63, 3.8) is 0 Å². The minimum absolute atomic E-state index is 0.0192. The summed E-state index contributed by atoms with van der Waals surface area (Å²) in [6.45, 7) is 4.36. The normalized spacial score (nSPS) is 11.9. The zero-order chi connectivity index (χ0) is 11.0. The molecule has 0 aromatic rings. The van der Waals surface area contributed by atoms with Crippen LogP contribution in [0.1, 0.15) is 26.7 Å². The molecule has 0 aliphatic rings. The number of hydrogen-bond donors (Lipinski definition) is 2. The van der Waals surface area contributed by atoms with E-state index in [0.29, 0.717) is 13.0 Å². The molecule has 0 radical (unpaired) electrons. The van der Waals surface area contributed by atoms with Crippen LogP contribution in [0.15, 0.2) is 0 Å². The molecule has 2 N–H and O–H groups in total. The lowest BCUT2D eigenvalue weighted by atomic mass is 10.2. The molecule has 0 aromatic heterocycles. The highest BCUT2D eigenvalue weighted by Crippen LogP contribution is 1.89. The topological polar surface area (TPSA) is 58.2 Å². The summed E-state index contributed by atoms with van der Waals surface area (Å²) in [4.78, 5) is 22.0. The fraction of sp³-hybridized carbons (Fsp3) is 0.778. The van der Waals surface area contributed by atoms with E-state index in [2.05, 4.69) is 26.6 Å². The van der Waals surface area contributed by atoms with Crippen molar-refractivity contribution in [3.8, 4) is 0 Å². The van der Waals surface area contributed by atoms with Gasteiger partial charge in [0, 0.05) is 19.0 Å². The average molecular weight is 265 g/mol.